The van der Waals surface area contributed by atoms with Gasteiger partial charge in [-0.05, 0) is 56.3 Å². The van der Waals surface area contributed by atoms with Crippen LogP contribution in [0.25, 0.3) is 0 Å². The predicted octanol–water partition coefficient (Wildman–Crippen LogP) is 0.681. The minimum atomic E-state index is -4.38. The van der Waals surface area contributed by atoms with Crippen molar-refractivity contribution in [3.63, 3.8) is 0 Å². The number of nitrogens with zero attached hydrogens (tertiary/aromatic N) is 1. The monoisotopic (exact) mass is 401 g/mol. The van der Waals surface area contributed by atoms with Crippen LogP contribution in [0, 0.1) is 0 Å². The zero-order valence-electron chi connectivity index (χ0n) is 16.6. The van der Waals surface area contributed by atoms with Gasteiger partial charge in [-0.1, -0.05) is 30.3 Å². The van der Waals surface area contributed by atoms with Crippen LogP contribution in [0.3, 0.4) is 0 Å². The van der Waals surface area contributed by atoms with Gasteiger partial charge >= 0.3 is 25.0 Å². The number of halogens is 3. The van der Waals surface area contributed by atoms with Crippen molar-refractivity contribution in [1.29, 1.82) is 0 Å². The maximum atomic E-state index is 12.7. The van der Waals surface area contributed by atoms with Crippen LogP contribution >= 0.6 is 0 Å². The SMILES string of the molecule is CN(CCCC(=O)[O-])CCC(Oc1ccc(C(F)(F)F)cc1)c1ccccc1.[Li+]. The van der Waals surface area contributed by atoms with Crippen LogP contribution in [0.4, 0.5) is 13.2 Å². The van der Waals surface area contributed by atoms with E-state index in [1.165, 1.54) is 12.1 Å². The Bertz CT molecular complexity index is 739. The molecular weight excluding hydrogens is 378 g/mol. The number of ether oxygens (including phenoxy) is 1. The number of benzene rings is 2. The summed E-state index contributed by atoms with van der Waals surface area (Å²) in [7, 11) is 1.88. The molecule has 0 aliphatic heterocycles. The predicted molar refractivity (Wildman–Crippen MR) is 97.6 cm³/mol. The molecule has 0 heterocycles. The Morgan fingerprint density at radius 1 is 1.07 bits per heavy atom. The van der Waals surface area contributed by atoms with E-state index >= 15 is 0 Å². The molecule has 8 heteroatoms. The van der Waals surface area contributed by atoms with E-state index in [9.17, 15) is 23.1 Å². The fourth-order valence-corrected chi connectivity index (χ4v) is 2.79. The van der Waals surface area contributed by atoms with Crippen molar-refractivity contribution in [2.45, 2.75) is 31.5 Å². The number of rotatable bonds is 10. The molecule has 0 spiro atoms. The van der Waals surface area contributed by atoms with Gasteiger partial charge in [0, 0.05) is 18.9 Å². The second kappa shape index (κ2) is 11.9. The zero-order valence-corrected chi connectivity index (χ0v) is 16.6. The van der Waals surface area contributed by atoms with Crippen LogP contribution in [-0.4, -0.2) is 31.0 Å². The van der Waals surface area contributed by atoms with Gasteiger partial charge in [0.25, 0.3) is 0 Å². The Morgan fingerprint density at radius 2 is 1.69 bits per heavy atom. The number of aliphatic carboxylic acids is 1. The third-order valence-corrected chi connectivity index (χ3v) is 4.33. The molecule has 1 unspecified atom stereocenters. The van der Waals surface area contributed by atoms with Crippen molar-refractivity contribution in [3.8, 4) is 5.75 Å². The molecule has 4 nitrogen and oxygen atoms in total. The maximum Gasteiger partial charge on any atom is 1.00 e. The molecule has 152 valence electrons. The molecule has 0 saturated heterocycles. The van der Waals surface area contributed by atoms with Crippen molar-refractivity contribution in [2.24, 2.45) is 0 Å². The second-order valence-electron chi connectivity index (χ2n) is 6.61. The summed E-state index contributed by atoms with van der Waals surface area (Å²) in [5, 5.41) is 10.5. The largest absolute Gasteiger partial charge is 1.00 e. The topological polar surface area (TPSA) is 52.6 Å². The third kappa shape index (κ3) is 8.95. The van der Waals surface area contributed by atoms with E-state index in [4.69, 9.17) is 4.74 Å². The molecule has 0 aliphatic rings. The van der Waals surface area contributed by atoms with Gasteiger partial charge < -0.3 is 19.5 Å². The van der Waals surface area contributed by atoms with Crippen LogP contribution in [0.5, 0.6) is 5.75 Å². The van der Waals surface area contributed by atoms with Crippen molar-refractivity contribution in [1.82, 2.24) is 4.90 Å². The van der Waals surface area contributed by atoms with Crippen molar-refractivity contribution in [2.75, 3.05) is 20.1 Å². The molecule has 0 fully saturated rings. The Morgan fingerprint density at radius 3 is 2.24 bits per heavy atom. The molecule has 0 aliphatic carbocycles. The molecule has 0 amide bonds. The van der Waals surface area contributed by atoms with E-state index in [0.29, 0.717) is 31.7 Å². The van der Waals surface area contributed by atoms with Gasteiger partial charge in [-0.2, -0.15) is 13.2 Å². The standard InChI is InChI=1S/C21H24F3NO3.Li/c1-25(14-5-8-20(26)27)15-13-19(16-6-3-2-4-7-16)28-18-11-9-17(10-12-18)21(22,23)24;/h2-4,6-7,9-12,19H,5,8,13-15H2,1H3,(H,26,27);/q;+1/p-1. The quantitative estimate of drug-likeness (QED) is 0.550. The molecule has 1 atom stereocenters. The number of carbonyl (C=O) groups is 1. The number of carboxylic acids is 1. The molecule has 0 aromatic heterocycles. The van der Waals surface area contributed by atoms with E-state index in [0.717, 1.165) is 17.7 Å². The van der Waals surface area contributed by atoms with Gasteiger partial charge in [-0.3, -0.25) is 0 Å². The van der Waals surface area contributed by atoms with E-state index < -0.39 is 17.7 Å². The van der Waals surface area contributed by atoms with E-state index in [1.54, 1.807) is 0 Å². The van der Waals surface area contributed by atoms with E-state index in [1.807, 2.05) is 42.3 Å². The van der Waals surface area contributed by atoms with Gasteiger partial charge in [-0.25, -0.2) is 0 Å². The molecule has 0 N–H and O–H groups in total. The first-order valence-corrected chi connectivity index (χ1v) is 9.03. The minimum absolute atomic E-state index is 0. The van der Waals surface area contributed by atoms with E-state index in [-0.39, 0.29) is 31.4 Å². The average molecular weight is 401 g/mol. The number of carbonyl (C=O) groups excluding carboxylic acids is 1. The Kier molecular flexibility index (Phi) is 10.3. The fourth-order valence-electron chi connectivity index (χ4n) is 2.79. The first-order valence-electron chi connectivity index (χ1n) is 9.03. The smallest absolute Gasteiger partial charge is 0.550 e. The zero-order chi connectivity index (χ0) is 20.6. The molecule has 2 aromatic rings. The van der Waals surface area contributed by atoms with Crippen LogP contribution < -0.4 is 28.7 Å². The van der Waals surface area contributed by atoms with Crippen LogP contribution in [0.2, 0.25) is 0 Å². The number of carboxylic acid groups (broad SMARTS) is 1. The van der Waals surface area contributed by atoms with Crippen LogP contribution in [0.1, 0.15) is 36.5 Å². The second-order valence-corrected chi connectivity index (χ2v) is 6.61. The Hall–Kier alpha value is -1.94. The molecule has 2 aromatic carbocycles. The van der Waals surface area contributed by atoms with Crippen LogP contribution in [0.15, 0.2) is 54.6 Å². The molecule has 0 saturated carbocycles. The summed E-state index contributed by atoms with van der Waals surface area (Å²) < 4.78 is 44.1. The van der Waals surface area contributed by atoms with E-state index in [2.05, 4.69) is 0 Å². The van der Waals surface area contributed by atoms with Crippen molar-refractivity contribution < 1.29 is 46.7 Å². The summed E-state index contributed by atoms with van der Waals surface area (Å²) in [6.07, 6.45) is -3.61. The maximum absolute atomic E-state index is 12.7. The molecular formula is C21H23F3LiNO3. The molecule has 0 radical (unpaired) electrons. The molecule has 0 bridgehead atoms. The summed E-state index contributed by atoms with van der Waals surface area (Å²) in [6, 6.07) is 14.1. The molecule has 29 heavy (non-hydrogen) atoms. The van der Waals surface area contributed by atoms with Gasteiger partial charge in [0.15, 0.2) is 0 Å². The summed E-state index contributed by atoms with van der Waals surface area (Å²) in [6.45, 7) is 1.25. The van der Waals surface area contributed by atoms with Gasteiger partial charge in [0.05, 0.1) is 5.56 Å². The summed E-state index contributed by atoms with van der Waals surface area (Å²) in [4.78, 5) is 12.5. The fraction of sp³-hybridized carbons (Fsp3) is 0.381. The Labute approximate surface area is 180 Å². The number of hydrogen-bond donors (Lipinski definition) is 0. The van der Waals surface area contributed by atoms with Gasteiger partial charge in [0.1, 0.15) is 11.9 Å². The van der Waals surface area contributed by atoms with Crippen molar-refractivity contribution in [3.05, 3.63) is 65.7 Å². The first-order chi connectivity index (χ1) is 13.3. The summed E-state index contributed by atoms with van der Waals surface area (Å²) in [5.41, 5.74) is 0.203. The number of alkyl halides is 3. The Balaban J connectivity index is 0.00000420. The van der Waals surface area contributed by atoms with Crippen molar-refractivity contribution >= 4 is 5.97 Å². The van der Waals surface area contributed by atoms with Crippen LogP contribution in [-0.2, 0) is 11.0 Å². The van der Waals surface area contributed by atoms with Gasteiger partial charge in [0.2, 0.25) is 0 Å². The average Bonchev–Trinajstić information content (AvgIpc) is 2.65. The third-order valence-electron chi connectivity index (χ3n) is 4.33. The first kappa shape index (κ1) is 25.1. The summed E-state index contributed by atoms with van der Waals surface area (Å²) in [5.74, 6) is -0.706. The minimum Gasteiger partial charge on any atom is -0.550 e. The normalized spacial score (nSPS) is 12.3. The number of hydrogen-bond acceptors (Lipinski definition) is 4. The van der Waals surface area contributed by atoms with Gasteiger partial charge in [-0.15, -0.1) is 0 Å². The summed E-state index contributed by atoms with van der Waals surface area (Å²) >= 11 is 0. The molecule has 2 rings (SSSR count).